The van der Waals surface area contributed by atoms with Gasteiger partial charge in [0.25, 0.3) is 0 Å². The van der Waals surface area contributed by atoms with Gasteiger partial charge in [-0.2, -0.15) is 0 Å². The molecule has 0 saturated carbocycles. The number of amides is 1. The number of nitrogens with two attached hydrogens (primary N) is 1. The maximum atomic E-state index is 12.0. The largest absolute Gasteiger partial charge is 0.374 e. The minimum absolute atomic E-state index is 0.0439. The molecule has 3 aliphatic rings. The molecule has 1 spiro atoms. The third kappa shape index (κ3) is 6.03. The highest BCUT2D eigenvalue weighted by Gasteiger charge is 2.55. The average molecular weight is 419 g/mol. The molecule has 3 rings (SSSR count). The van der Waals surface area contributed by atoms with E-state index in [0.717, 1.165) is 38.7 Å². The summed E-state index contributed by atoms with van der Waals surface area (Å²) in [6, 6.07) is -0.164. The number of rotatable bonds is 7. The number of carbonyl (C=O) groups is 1. The first kappa shape index (κ1) is 23.2. The monoisotopic (exact) mass is 418 g/mol. The van der Waals surface area contributed by atoms with E-state index in [-0.39, 0.29) is 41.9 Å². The van der Waals surface area contributed by atoms with Crippen LogP contribution in [0.15, 0.2) is 36.0 Å². The Morgan fingerprint density at radius 2 is 2.07 bits per heavy atom. The van der Waals surface area contributed by atoms with E-state index in [0.29, 0.717) is 6.10 Å². The maximum absolute atomic E-state index is 12.0. The third-order valence-corrected chi connectivity index (χ3v) is 6.54. The second-order valence-corrected chi connectivity index (χ2v) is 8.94. The number of hydrogen-bond donors (Lipinski definition) is 2. The predicted molar refractivity (Wildman–Crippen MR) is 118 cm³/mol. The van der Waals surface area contributed by atoms with Gasteiger partial charge in [0.2, 0.25) is 5.91 Å². The van der Waals surface area contributed by atoms with Crippen LogP contribution in [0.5, 0.6) is 0 Å². The lowest BCUT2D eigenvalue weighted by atomic mass is 9.92. The van der Waals surface area contributed by atoms with Gasteiger partial charge in [0.15, 0.2) is 0 Å². The molecule has 0 aromatic carbocycles. The summed E-state index contributed by atoms with van der Waals surface area (Å²) in [6.07, 6.45) is 14.5. The van der Waals surface area contributed by atoms with Crippen LogP contribution in [0.2, 0.25) is 0 Å². The van der Waals surface area contributed by atoms with Crippen molar-refractivity contribution in [2.24, 2.45) is 5.73 Å². The number of ether oxygens (including phenoxy) is 3. The summed E-state index contributed by atoms with van der Waals surface area (Å²) >= 11 is 0. The molecule has 1 amide bonds. The molecular formula is C24H38N2O4. The van der Waals surface area contributed by atoms with Gasteiger partial charge in [-0.05, 0) is 46.1 Å². The second-order valence-electron chi connectivity index (χ2n) is 8.94. The zero-order chi connectivity index (χ0) is 21.7. The van der Waals surface area contributed by atoms with Gasteiger partial charge in [-0.25, -0.2) is 0 Å². The first-order chi connectivity index (χ1) is 14.3. The minimum Gasteiger partial charge on any atom is -0.374 e. The maximum Gasteiger partial charge on any atom is 0.243 e. The molecule has 3 heterocycles. The van der Waals surface area contributed by atoms with Crippen molar-refractivity contribution >= 4 is 5.91 Å². The van der Waals surface area contributed by atoms with Crippen molar-refractivity contribution in [3.63, 3.8) is 0 Å². The van der Waals surface area contributed by atoms with E-state index in [1.807, 2.05) is 19.9 Å². The van der Waals surface area contributed by atoms with Gasteiger partial charge in [-0.3, -0.25) is 4.79 Å². The molecule has 7 atom stereocenters. The number of epoxide rings is 1. The van der Waals surface area contributed by atoms with E-state index in [1.54, 1.807) is 6.08 Å². The lowest BCUT2D eigenvalue weighted by Gasteiger charge is -2.38. The van der Waals surface area contributed by atoms with Gasteiger partial charge in [0.1, 0.15) is 0 Å². The summed E-state index contributed by atoms with van der Waals surface area (Å²) < 4.78 is 17.8. The lowest BCUT2D eigenvalue weighted by Crippen LogP contribution is -2.55. The Morgan fingerprint density at radius 3 is 2.77 bits per heavy atom. The molecule has 6 heteroatoms. The molecule has 0 bridgehead atoms. The van der Waals surface area contributed by atoms with Crippen molar-refractivity contribution in [3.8, 4) is 0 Å². The Kier molecular flexibility index (Phi) is 7.91. The van der Waals surface area contributed by atoms with Gasteiger partial charge in [-0.15, -0.1) is 0 Å². The van der Waals surface area contributed by atoms with Crippen LogP contribution in [0.25, 0.3) is 0 Å². The van der Waals surface area contributed by atoms with Gasteiger partial charge in [0.05, 0.1) is 42.7 Å². The fraction of sp³-hybridized carbons (Fsp3) is 0.708. The Balaban J connectivity index is 1.46. The Bertz CT molecular complexity index is 689. The molecule has 3 saturated heterocycles. The molecule has 0 radical (unpaired) electrons. The Morgan fingerprint density at radius 1 is 1.30 bits per heavy atom. The third-order valence-electron chi connectivity index (χ3n) is 6.54. The SMILES string of the molecule is CC/C=C\C(=O)N[C@@H]1CC(N)[C@H](C/C=C(C)/C=C/[C@@H]2C[C@]3(CCO2)OC3C)O[C@@H]1C. The summed E-state index contributed by atoms with van der Waals surface area (Å²) in [7, 11) is 0. The summed E-state index contributed by atoms with van der Waals surface area (Å²) in [5.41, 5.74) is 7.59. The molecule has 2 unspecified atom stereocenters. The normalized spacial score (nSPS) is 39.7. The number of carbonyl (C=O) groups excluding carboxylic acids is 1. The Labute approximate surface area is 180 Å². The molecule has 3 fully saturated rings. The van der Waals surface area contributed by atoms with Crippen LogP contribution in [0.3, 0.4) is 0 Å². The lowest BCUT2D eigenvalue weighted by molar-refractivity contribution is -0.121. The quantitative estimate of drug-likeness (QED) is 0.377. The summed E-state index contributed by atoms with van der Waals surface area (Å²) in [5, 5.41) is 3.01. The van der Waals surface area contributed by atoms with Crippen molar-refractivity contribution in [3.05, 3.63) is 36.0 Å². The van der Waals surface area contributed by atoms with Crippen LogP contribution in [-0.4, -0.2) is 54.6 Å². The Hall–Kier alpha value is -1.47. The van der Waals surface area contributed by atoms with E-state index < -0.39 is 0 Å². The van der Waals surface area contributed by atoms with Crippen LogP contribution in [0.4, 0.5) is 0 Å². The van der Waals surface area contributed by atoms with Crippen LogP contribution in [0, 0.1) is 0 Å². The minimum atomic E-state index is -0.107. The number of allylic oxidation sites excluding steroid dienone is 3. The molecule has 3 N–H and O–H groups in total. The van der Waals surface area contributed by atoms with E-state index in [2.05, 4.69) is 37.4 Å². The summed E-state index contributed by atoms with van der Waals surface area (Å²) in [4.78, 5) is 12.0. The highest BCUT2D eigenvalue weighted by atomic mass is 16.6. The zero-order valence-corrected chi connectivity index (χ0v) is 18.8. The van der Waals surface area contributed by atoms with E-state index >= 15 is 0 Å². The number of hydrogen-bond acceptors (Lipinski definition) is 5. The standard InChI is InChI=1S/C24H38N2O4/c1-5-6-7-23(27)26-21-14-20(25)22(29-17(21)3)11-9-16(2)8-10-19-15-24(12-13-28-19)18(4)30-24/h6-10,17-22H,5,11-15,25H2,1-4H3,(H,26,27)/b7-6-,10-8+,16-9+/t17-,18?,19-,20?,21-,22+,24+/m1/s1. The first-order valence-corrected chi connectivity index (χ1v) is 11.4. The van der Waals surface area contributed by atoms with Crippen molar-refractivity contribution < 1.29 is 19.0 Å². The summed E-state index contributed by atoms with van der Waals surface area (Å²) in [6.45, 7) is 9.00. The smallest absolute Gasteiger partial charge is 0.243 e. The van der Waals surface area contributed by atoms with Crippen molar-refractivity contribution in [2.75, 3.05) is 6.61 Å². The van der Waals surface area contributed by atoms with Crippen LogP contribution < -0.4 is 11.1 Å². The topological polar surface area (TPSA) is 86.1 Å². The molecule has 30 heavy (non-hydrogen) atoms. The highest BCUT2D eigenvalue weighted by molar-refractivity contribution is 5.87. The van der Waals surface area contributed by atoms with Gasteiger partial charge < -0.3 is 25.3 Å². The average Bonchev–Trinajstić information content (AvgIpc) is 3.33. The van der Waals surface area contributed by atoms with E-state index in [9.17, 15) is 4.79 Å². The van der Waals surface area contributed by atoms with Crippen molar-refractivity contribution in [2.45, 2.75) is 102 Å². The molecular weight excluding hydrogens is 380 g/mol. The van der Waals surface area contributed by atoms with Gasteiger partial charge >= 0.3 is 0 Å². The molecule has 6 nitrogen and oxygen atoms in total. The molecule has 0 aromatic heterocycles. The molecule has 0 aliphatic carbocycles. The number of nitrogens with one attached hydrogen (secondary N) is 1. The fourth-order valence-electron chi connectivity index (χ4n) is 4.40. The van der Waals surface area contributed by atoms with E-state index in [4.69, 9.17) is 19.9 Å². The highest BCUT2D eigenvalue weighted by Crippen LogP contribution is 2.46. The van der Waals surface area contributed by atoms with Crippen LogP contribution in [0.1, 0.15) is 59.8 Å². The zero-order valence-electron chi connectivity index (χ0n) is 18.8. The van der Waals surface area contributed by atoms with Crippen molar-refractivity contribution in [1.82, 2.24) is 5.32 Å². The van der Waals surface area contributed by atoms with Crippen molar-refractivity contribution in [1.29, 1.82) is 0 Å². The molecule has 168 valence electrons. The van der Waals surface area contributed by atoms with Gasteiger partial charge in [0, 0.05) is 18.9 Å². The molecule has 0 aromatic rings. The van der Waals surface area contributed by atoms with Crippen LogP contribution >= 0.6 is 0 Å². The summed E-state index contributed by atoms with van der Waals surface area (Å²) in [5.74, 6) is -0.0819. The first-order valence-electron chi connectivity index (χ1n) is 11.4. The fourth-order valence-corrected chi connectivity index (χ4v) is 4.40. The predicted octanol–water partition coefficient (Wildman–Crippen LogP) is 3.17. The van der Waals surface area contributed by atoms with Crippen LogP contribution in [-0.2, 0) is 19.0 Å². The second kappa shape index (κ2) is 10.2. The van der Waals surface area contributed by atoms with Gasteiger partial charge in [-0.1, -0.05) is 36.8 Å². The van der Waals surface area contributed by atoms with E-state index in [1.165, 1.54) is 5.57 Å². The molecule has 3 aliphatic heterocycles.